The van der Waals surface area contributed by atoms with Gasteiger partial charge in [-0.15, -0.1) is 0 Å². The number of benzene rings is 2. The average Bonchev–Trinajstić information content (AvgIpc) is 2.93. The summed E-state index contributed by atoms with van der Waals surface area (Å²) in [6.45, 7) is 4.52. The maximum absolute atomic E-state index is 12.8. The summed E-state index contributed by atoms with van der Waals surface area (Å²) in [5.74, 6) is 0.584. The lowest BCUT2D eigenvalue weighted by Crippen LogP contribution is -2.17. The quantitative estimate of drug-likeness (QED) is 0.552. The van der Waals surface area contributed by atoms with Crippen LogP contribution in [-0.2, 0) is 26.5 Å². The first kappa shape index (κ1) is 19.6. The van der Waals surface area contributed by atoms with Crippen LogP contribution in [0.4, 0.5) is 0 Å². The van der Waals surface area contributed by atoms with Gasteiger partial charge in [0, 0.05) is 43.4 Å². The van der Waals surface area contributed by atoms with E-state index in [9.17, 15) is 4.79 Å². The maximum atomic E-state index is 12.8. The van der Waals surface area contributed by atoms with E-state index >= 15 is 0 Å². The Kier molecular flexibility index (Phi) is 5.12. The van der Waals surface area contributed by atoms with Crippen LogP contribution in [0.5, 0.6) is 5.75 Å². The van der Waals surface area contributed by atoms with Crippen LogP contribution in [0.2, 0.25) is 0 Å². The van der Waals surface area contributed by atoms with Crippen molar-refractivity contribution in [1.29, 1.82) is 0 Å². The Hall–Kier alpha value is -3.31. The number of hydrogen-bond acceptors (Lipinski definition) is 3. The van der Waals surface area contributed by atoms with Crippen molar-refractivity contribution >= 4 is 10.9 Å². The van der Waals surface area contributed by atoms with Gasteiger partial charge < -0.3 is 14.6 Å². The van der Waals surface area contributed by atoms with Gasteiger partial charge in [-0.1, -0.05) is 35.9 Å². The fourth-order valence-corrected chi connectivity index (χ4v) is 4.46. The molecule has 0 amide bonds. The number of aryl methyl sites for hydroxylation is 2. The van der Waals surface area contributed by atoms with Gasteiger partial charge in [0.2, 0.25) is 0 Å². The van der Waals surface area contributed by atoms with Crippen LogP contribution in [0.1, 0.15) is 22.4 Å². The molecule has 1 N–H and O–H groups in total. The molecule has 0 fully saturated rings. The molecule has 5 heteroatoms. The smallest absolute Gasteiger partial charge is 0.258 e. The Bertz CT molecular complexity index is 1300. The highest BCUT2D eigenvalue weighted by molar-refractivity contribution is 5.87. The first-order chi connectivity index (χ1) is 15.1. The number of ether oxygens (including phenoxy) is 1. The van der Waals surface area contributed by atoms with Crippen LogP contribution < -0.4 is 15.6 Å². The summed E-state index contributed by atoms with van der Waals surface area (Å²) in [5, 5.41) is 4.76. The summed E-state index contributed by atoms with van der Waals surface area (Å²) >= 11 is 0. The normalized spacial score (nSPS) is 13.7. The first-order valence-corrected chi connectivity index (χ1v) is 10.8. The number of fused-ring (bicyclic) bond motifs is 3. The molecule has 0 unspecified atom stereocenters. The van der Waals surface area contributed by atoms with E-state index in [1.54, 1.807) is 16.8 Å². The lowest BCUT2D eigenvalue weighted by Gasteiger charge is -2.10. The second-order valence-electron chi connectivity index (χ2n) is 8.28. The van der Waals surface area contributed by atoms with Crippen LogP contribution in [0.25, 0.3) is 16.6 Å². The van der Waals surface area contributed by atoms with Gasteiger partial charge >= 0.3 is 0 Å². The van der Waals surface area contributed by atoms with Gasteiger partial charge in [0.05, 0.1) is 11.2 Å². The molecule has 1 aliphatic rings. The second-order valence-corrected chi connectivity index (χ2v) is 8.28. The topological polar surface area (TPSA) is 48.2 Å². The Balaban J connectivity index is 1.42. The number of pyridine rings is 1. The van der Waals surface area contributed by atoms with Gasteiger partial charge in [-0.05, 0) is 49.2 Å². The lowest BCUT2D eigenvalue weighted by atomic mass is 10.1. The van der Waals surface area contributed by atoms with Crippen LogP contribution in [-0.4, -0.2) is 22.2 Å². The molecule has 5 nitrogen and oxygen atoms in total. The van der Waals surface area contributed by atoms with Crippen molar-refractivity contribution < 1.29 is 4.74 Å². The molecule has 0 bridgehead atoms. The second kappa shape index (κ2) is 8.08. The molecule has 4 aromatic rings. The van der Waals surface area contributed by atoms with Gasteiger partial charge in [0.25, 0.3) is 5.56 Å². The van der Waals surface area contributed by atoms with Gasteiger partial charge in [-0.2, -0.15) is 0 Å². The van der Waals surface area contributed by atoms with Crippen LogP contribution in [0.3, 0.4) is 0 Å². The summed E-state index contributed by atoms with van der Waals surface area (Å²) in [6, 6.07) is 17.9. The summed E-state index contributed by atoms with van der Waals surface area (Å²) in [6.07, 6.45) is 3.87. The minimum Gasteiger partial charge on any atom is -0.489 e. The van der Waals surface area contributed by atoms with Crippen molar-refractivity contribution in [2.24, 2.45) is 7.05 Å². The molecule has 2 aromatic heterocycles. The Labute approximate surface area is 181 Å². The third-order valence-corrected chi connectivity index (χ3v) is 6.21. The van der Waals surface area contributed by atoms with E-state index in [1.807, 2.05) is 24.3 Å². The predicted molar refractivity (Wildman–Crippen MR) is 124 cm³/mol. The minimum absolute atomic E-state index is 0.0965. The minimum atomic E-state index is -0.0965. The van der Waals surface area contributed by atoms with E-state index in [4.69, 9.17) is 4.74 Å². The molecule has 2 aromatic carbocycles. The zero-order valence-corrected chi connectivity index (χ0v) is 18.0. The number of nitrogens with zero attached hydrogens (tertiary/aromatic N) is 2. The highest BCUT2D eigenvalue weighted by atomic mass is 16.5. The molecule has 158 valence electrons. The third kappa shape index (κ3) is 3.77. The van der Waals surface area contributed by atoms with Crippen molar-refractivity contribution in [3.63, 3.8) is 0 Å². The molecule has 0 radical (unpaired) electrons. The molecular formula is C26H27N3O2. The van der Waals surface area contributed by atoms with Crippen molar-refractivity contribution in [1.82, 2.24) is 14.5 Å². The predicted octanol–water partition coefficient (Wildman–Crippen LogP) is 3.90. The SMILES string of the molecule is Cc1ccc(COc2ccn(-c3ccc4c5c(n(C)c4c3)CCNCC5)c(=O)c2)cc1. The van der Waals surface area contributed by atoms with Crippen LogP contribution in [0, 0.1) is 6.92 Å². The summed E-state index contributed by atoms with van der Waals surface area (Å²) in [7, 11) is 2.13. The molecule has 0 aliphatic carbocycles. The van der Waals surface area contributed by atoms with Crippen molar-refractivity contribution in [3.05, 3.63) is 93.5 Å². The molecule has 3 heterocycles. The molecule has 1 aliphatic heterocycles. The van der Waals surface area contributed by atoms with Crippen LogP contribution >= 0.6 is 0 Å². The largest absolute Gasteiger partial charge is 0.489 e. The molecule has 0 spiro atoms. The van der Waals surface area contributed by atoms with Gasteiger partial charge in [-0.25, -0.2) is 0 Å². The highest BCUT2D eigenvalue weighted by Crippen LogP contribution is 2.29. The molecule has 31 heavy (non-hydrogen) atoms. The monoisotopic (exact) mass is 413 g/mol. The molecule has 0 atom stereocenters. The number of rotatable bonds is 4. The Morgan fingerprint density at radius 1 is 1.00 bits per heavy atom. The van der Waals surface area contributed by atoms with Crippen LogP contribution in [0.15, 0.2) is 65.6 Å². The van der Waals surface area contributed by atoms with Crippen molar-refractivity contribution in [2.75, 3.05) is 13.1 Å². The first-order valence-electron chi connectivity index (χ1n) is 10.8. The molecule has 0 saturated carbocycles. The summed E-state index contributed by atoms with van der Waals surface area (Å²) < 4.78 is 9.80. The lowest BCUT2D eigenvalue weighted by molar-refractivity contribution is 0.305. The van der Waals surface area contributed by atoms with Crippen molar-refractivity contribution in [2.45, 2.75) is 26.4 Å². The third-order valence-electron chi connectivity index (χ3n) is 6.21. The Morgan fingerprint density at radius 2 is 1.81 bits per heavy atom. The average molecular weight is 414 g/mol. The van der Waals surface area contributed by atoms with E-state index < -0.39 is 0 Å². The zero-order valence-electron chi connectivity index (χ0n) is 18.0. The van der Waals surface area contributed by atoms with E-state index in [0.29, 0.717) is 12.4 Å². The maximum Gasteiger partial charge on any atom is 0.258 e. The van der Waals surface area contributed by atoms with E-state index in [0.717, 1.165) is 37.2 Å². The Morgan fingerprint density at radius 3 is 2.61 bits per heavy atom. The van der Waals surface area contributed by atoms with E-state index in [1.165, 1.54) is 27.7 Å². The van der Waals surface area contributed by atoms with Gasteiger partial charge in [-0.3, -0.25) is 9.36 Å². The number of nitrogens with one attached hydrogen (secondary N) is 1. The van der Waals surface area contributed by atoms with Crippen molar-refractivity contribution in [3.8, 4) is 11.4 Å². The molecule has 5 rings (SSSR count). The van der Waals surface area contributed by atoms with E-state index in [-0.39, 0.29) is 5.56 Å². The number of hydrogen-bond donors (Lipinski definition) is 1. The zero-order chi connectivity index (χ0) is 21.4. The summed E-state index contributed by atoms with van der Waals surface area (Å²) in [4.78, 5) is 12.8. The number of aromatic nitrogens is 2. The fourth-order valence-electron chi connectivity index (χ4n) is 4.46. The molecule has 0 saturated heterocycles. The standard InChI is InChI=1S/C26H27N3O2/c1-18-3-5-19(6-4-18)17-31-21-11-14-29(26(30)16-21)20-7-8-22-23-9-12-27-13-10-24(23)28(2)25(22)15-20/h3-8,11,14-16,27H,9-10,12-13,17H2,1-2H3. The van der Waals surface area contributed by atoms with Gasteiger partial charge in [0.1, 0.15) is 12.4 Å². The molecular weight excluding hydrogens is 386 g/mol. The van der Waals surface area contributed by atoms with Gasteiger partial charge in [0.15, 0.2) is 0 Å². The fraction of sp³-hybridized carbons (Fsp3) is 0.269. The van der Waals surface area contributed by atoms with E-state index in [2.05, 4.69) is 48.1 Å². The highest BCUT2D eigenvalue weighted by Gasteiger charge is 2.17. The summed E-state index contributed by atoms with van der Waals surface area (Å²) in [5.41, 5.74) is 7.08.